The maximum Gasteiger partial charge on any atom is 0.228 e. The minimum atomic E-state index is 0.142. The summed E-state index contributed by atoms with van der Waals surface area (Å²) < 4.78 is 5.89. The highest BCUT2D eigenvalue weighted by molar-refractivity contribution is 5.80. The first kappa shape index (κ1) is 17.0. The number of aryl methyl sites for hydroxylation is 1. The molecule has 25 heavy (non-hydrogen) atoms. The number of amides is 1. The molecule has 0 aliphatic carbocycles. The Hall–Kier alpha value is -1.39. The summed E-state index contributed by atoms with van der Waals surface area (Å²) in [5.41, 5.74) is 1.42. The van der Waals surface area contributed by atoms with E-state index >= 15 is 0 Å². The van der Waals surface area contributed by atoms with Crippen molar-refractivity contribution in [3.8, 4) is 0 Å². The molecule has 4 rings (SSSR count). The van der Waals surface area contributed by atoms with Crippen LogP contribution in [-0.4, -0.2) is 60.6 Å². The Morgan fingerprint density at radius 3 is 2.72 bits per heavy atom. The van der Waals surface area contributed by atoms with Gasteiger partial charge in [-0.25, -0.2) is 0 Å². The van der Waals surface area contributed by atoms with E-state index in [-0.39, 0.29) is 12.0 Å². The third kappa shape index (κ3) is 4.06. The monoisotopic (exact) mass is 342 g/mol. The van der Waals surface area contributed by atoms with E-state index in [0.717, 1.165) is 64.8 Å². The van der Waals surface area contributed by atoms with Gasteiger partial charge in [-0.2, -0.15) is 0 Å². The van der Waals surface area contributed by atoms with E-state index in [1.807, 2.05) is 0 Å². The van der Waals surface area contributed by atoms with Crippen molar-refractivity contribution >= 4 is 5.91 Å². The molecule has 4 nitrogen and oxygen atoms in total. The summed E-state index contributed by atoms with van der Waals surface area (Å²) in [4.78, 5) is 17.5. The van der Waals surface area contributed by atoms with Gasteiger partial charge in [0.25, 0.3) is 0 Å². The van der Waals surface area contributed by atoms with E-state index in [1.54, 1.807) is 0 Å². The summed E-state index contributed by atoms with van der Waals surface area (Å²) >= 11 is 0. The summed E-state index contributed by atoms with van der Waals surface area (Å²) in [5.74, 6) is 0.502. The Morgan fingerprint density at radius 1 is 1.08 bits per heavy atom. The third-order valence-corrected chi connectivity index (χ3v) is 6.11. The second-order valence-corrected chi connectivity index (χ2v) is 7.83. The number of nitrogens with zero attached hydrogens (tertiary/aromatic N) is 2. The van der Waals surface area contributed by atoms with Crippen molar-refractivity contribution < 1.29 is 9.53 Å². The zero-order valence-electron chi connectivity index (χ0n) is 15.1. The van der Waals surface area contributed by atoms with Gasteiger partial charge in [-0.05, 0) is 57.2 Å². The van der Waals surface area contributed by atoms with Crippen LogP contribution in [0, 0.1) is 5.92 Å². The van der Waals surface area contributed by atoms with Crippen molar-refractivity contribution in [3.63, 3.8) is 0 Å². The van der Waals surface area contributed by atoms with Crippen molar-refractivity contribution in [2.45, 2.75) is 50.7 Å². The van der Waals surface area contributed by atoms with Crippen LogP contribution in [0.2, 0.25) is 0 Å². The number of fused-ring (bicyclic) bond motifs is 2. The van der Waals surface area contributed by atoms with Crippen molar-refractivity contribution in [1.82, 2.24) is 9.80 Å². The van der Waals surface area contributed by atoms with Gasteiger partial charge in [-0.1, -0.05) is 30.3 Å². The van der Waals surface area contributed by atoms with Crippen molar-refractivity contribution in [1.29, 1.82) is 0 Å². The number of hydrogen-bond donors (Lipinski definition) is 0. The molecule has 2 bridgehead atoms. The van der Waals surface area contributed by atoms with E-state index in [2.05, 4.69) is 40.1 Å². The van der Waals surface area contributed by atoms with Gasteiger partial charge in [0.2, 0.25) is 5.91 Å². The molecule has 3 saturated heterocycles. The molecule has 0 unspecified atom stereocenters. The summed E-state index contributed by atoms with van der Waals surface area (Å²) in [5, 5.41) is 0. The summed E-state index contributed by atoms with van der Waals surface area (Å²) in [6.45, 7) is 5.07. The Kier molecular flexibility index (Phi) is 5.37. The maximum absolute atomic E-state index is 12.9. The number of ether oxygens (including phenoxy) is 1. The van der Waals surface area contributed by atoms with Crippen molar-refractivity contribution in [2.24, 2.45) is 5.92 Å². The topological polar surface area (TPSA) is 32.8 Å². The molecule has 1 amide bonds. The fourth-order valence-corrected chi connectivity index (χ4v) is 4.70. The SMILES string of the molecule is O=C([C@H]1C[C@H]2CC[C@H]1O2)N1CCCN(CCCc2ccccc2)CC1. The average Bonchev–Trinajstić information content (AvgIpc) is 3.20. The molecule has 1 aromatic rings. The molecular formula is C21H30N2O2. The molecule has 3 aliphatic rings. The molecule has 3 atom stereocenters. The molecule has 3 aliphatic heterocycles. The van der Waals surface area contributed by atoms with Crippen LogP contribution >= 0.6 is 0 Å². The minimum absolute atomic E-state index is 0.142. The minimum Gasteiger partial charge on any atom is -0.374 e. The van der Waals surface area contributed by atoms with Gasteiger partial charge in [0.05, 0.1) is 18.1 Å². The fraction of sp³-hybridized carbons (Fsp3) is 0.667. The molecule has 0 saturated carbocycles. The lowest BCUT2D eigenvalue weighted by molar-refractivity contribution is -0.137. The molecule has 136 valence electrons. The molecule has 3 fully saturated rings. The van der Waals surface area contributed by atoms with Crippen LogP contribution in [-0.2, 0) is 16.0 Å². The number of carbonyl (C=O) groups excluding carboxylic acids is 1. The molecular weight excluding hydrogens is 312 g/mol. The van der Waals surface area contributed by atoms with Gasteiger partial charge in [0.15, 0.2) is 0 Å². The second kappa shape index (κ2) is 7.88. The van der Waals surface area contributed by atoms with E-state index in [4.69, 9.17) is 4.74 Å². The average molecular weight is 342 g/mol. The highest BCUT2D eigenvalue weighted by atomic mass is 16.5. The smallest absolute Gasteiger partial charge is 0.228 e. The second-order valence-electron chi connectivity index (χ2n) is 7.83. The number of benzene rings is 1. The van der Waals surface area contributed by atoms with Crippen LogP contribution in [0.15, 0.2) is 30.3 Å². The standard InChI is InChI=1S/C21H30N2O2/c24-21(19-16-18-9-10-20(19)25-18)23-13-5-12-22(14-15-23)11-4-8-17-6-2-1-3-7-17/h1-3,6-7,18-20H,4-5,8-16H2/t18-,19+,20-/m1/s1. The van der Waals surface area contributed by atoms with Crippen LogP contribution < -0.4 is 0 Å². The predicted octanol–water partition coefficient (Wildman–Crippen LogP) is 2.72. The first-order chi connectivity index (χ1) is 12.3. The van der Waals surface area contributed by atoms with Gasteiger partial charge >= 0.3 is 0 Å². The van der Waals surface area contributed by atoms with Crippen LogP contribution in [0.4, 0.5) is 0 Å². The van der Waals surface area contributed by atoms with Crippen molar-refractivity contribution in [3.05, 3.63) is 35.9 Å². The Bertz CT molecular complexity index is 577. The van der Waals surface area contributed by atoms with E-state index in [1.165, 1.54) is 12.0 Å². The number of carbonyl (C=O) groups is 1. The van der Waals surface area contributed by atoms with Crippen LogP contribution in [0.1, 0.15) is 37.7 Å². The van der Waals surface area contributed by atoms with Gasteiger partial charge in [0.1, 0.15) is 0 Å². The first-order valence-electron chi connectivity index (χ1n) is 10.00. The molecule has 4 heteroatoms. The molecule has 0 spiro atoms. The largest absolute Gasteiger partial charge is 0.374 e. The zero-order chi connectivity index (χ0) is 17.1. The molecule has 3 heterocycles. The Balaban J connectivity index is 1.22. The van der Waals surface area contributed by atoms with Crippen LogP contribution in [0.5, 0.6) is 0 Å². The first-order valence-corrected chi connectivity index (χ1v) is 10.00. The molecule has 0 N–H and O–H groups in total. The number of rotatable bonds is 5. The van der Waals surface area contributed by atoms with E-state index < -0.39 is 0 Å². The lowest BCUT2D eigenvalue weighted by Crippen LogP contribution is -2.42. The van der Waals surface area contributed by atoms with E-state index in [9.17, 15) is 4.79 Å². The lowest BCUT2D eigenvalue weighted by atomic mass is 9.88. The molecule has 0 radical (unpaired) electrons. The maximum atomic E-state index is 12.9. The number of hydrogen-bond acceptors (Lipinski definition) is 3. The van der Waals surface area contributed by atoms with Crippen molar-refractivity contribution in [2.75, 3.05) is 32.7 Å². The Morgan fingerprint density at radius 2 is 1.96 bits per heavy atom. The zero-order valence-corrected chi connectivity index (χ0v) is 15.1. The van der Waals surface area contributed by atoms with Crippen LogP contribution in [0.3, 0.4) is 0 Å². The van der Waals surface area contributed by atoms with Gasteiger partial charge in [0, 0.05) is 19.6 Å². The van der Waals surface area contributed by atoms with E-state index in [0.29, 0.717) is 12.0 Å². The molecule has 0 aromatic heterocycles. The van der Waals surface area contributed by atoms with Gasteiger partial charge in [-0.3, -0.25) is 4.79 Å². The lowest BCUT2D eigenvalue weighted by Gasteiger charge is -2.27. The normalized spacial score (nSPS) is 29.8. The quantitative estimate of drug-likeness (QED) is 0.825. The highest BCUT2D eigenvalue weighted by Gasteiger charge is 2.45. The van der Waals surface area contributed by atoms with Crippen LogP contribution in [0.25, 0.3) is 0 Å². The van der Waals surface area contributed by atoms with Gasteiger partial charge in [-0.15, -0.1) is 0 Å². The predicted molar refractivity (Wildman–Crippen MR) is 98.4 cm³/mol. The Labute approximate surface area is 151 Å². The summed E-state index contributed by atoms with van der Waals surface area (Å²) in [6.07, 6.45) is 7.20. The highest BCUT2D eigenvalue weighted by Crippen LogP contribution is 2.39. The summed E-state index contributed by atoms with van der Waals surface area (Å²) in [6, 6.07) is 10.7. The third-order valence-electron chi connectivity index (χ3n) is 6.11. The fourth-order valence-electron chi connectivity index (χ4n) is 4.70. The van der Waals surface area contributed by atoms with Gasteiger partial charge < -0.3 is 14.5 Å². The molecule has 1 aromatic carbocycles. The summed E-state index contributed by atoms with van der Waals surface area (Å²) in [7, 11) is 0.